The van der Waals surface area contributed by atoms with Crippen LogP contribution in [0, 0.1) is 0 Å². The SMILES string of the molecule is CCC(CC)(OC)C(O)Cc1ccc(Br)cn1. The molecule has 0 saturated heterocycles. The van der Waals surface area contributed by atoms with Gasteiger partial charge in [0.15, 0.2) is 0 Å². The fourth-order valence-electron chi connectivity index (χ4n) is 2.06. The molecule has 1 N–H and O–H groups in total. The fourth-order valence-corrected chi connectivity index (χ4v) is 2.29. The molecule has 0 aliphatic rings. The lowest BCUT2D eigenvalue weighted by molar-refractivity contribution is -0.107. The second-order valence-corrected chi connectivity index (χ2v) is 5.08. The van der Waals surface area contributed by atoms with Crippen LogP contribution in [0.5, 0.6) is 0 Å². The van der Waals surface area contributed by atoms with Crippen molar-refractivity contribution in [2.75, 3.05) is 7.11 Å². The molecule has 1 heterocycles. The predicted molar refractivity (Wildman–Crippen MR) is 72.0 cm³/mol. The summed E-state index contributed by atoms with van der Waals surface area (Å²) in [6.45, 7) is 4.07. The van der Waals surface area contributed by atoms with Crippen molar-refractivity contribution in [3.05, 3.63) is 28.5 Å². The molecule has 0 saturated carbocycles. The van der Waals surface area contributed by atoms with E-state index in [1.807, 2.05) is 26.0 Å². The number of ether oxygens (including phenoxy) is 1. The summed E-state index contributed by atoms with van der Waals surface area (Å²) in [5, 5.41) is 10.3. The lowest BCUT2D eigenvalue weighted by Crippen LogP contribution is -2.44. The van der Waals surface area contributed by atoms with Crippen LogP contribution in [0.2, 0.25) is 0 Å². The summed E-state index contributed by atoms with van der Waals surface area (Å²) in [6, 6.07) is 3.85. The van der Waals surface area contributed by atoms with E-state index in [0.717, 1.165) is 23.0 Å². The van der Waals surface area contributed by atoms with Gasteiger partial charge in [-0.15, -0.1) is 0 Å². The number of pyridine rings is 1. The van der Waals surface area contributed by atoms with Gasteiger partial charge in [-0.3, -0.25) is 4.98 Å². The molecule has 0 radical (unpaired) electrons. The van der Waals surface area contributed by atoms with Gasteiger partial charge < -0.3 is 9.84 Å². The minimum absolute atomic E-state index is 0.464. The average molecular weight is 302 g/mol. The van der Waals surface area contributed by atoms with Crippen LogP contribution in [-0.4, -0.2) is 28.9 Å². The van der Waals surface area contributed by atoms with Gasteiger partial charge in [-0.1, -0.05) is 13.8 Å². The monoisotopic (exact) mass is 301 g/mol. The van der Waals surface area contributed by atoms with E-state index in [1.54, 1.807) is 13.3 Å². The van der Waals surface area contributed by atoms with E-state index in [-0.39, 0.29) is 0 Å². The van der Waals surface area contributed by atoms with Crippen molar-refractivity contribution in [1.82, 2.24) is 4.98 Å². The van der Waals surface area contributed by atoms with E-state index >= 15 is 0 Å². The summed E-state index contributed by atoms with van der Waals surface area (Å²) in [4.78, 5) is 4.27. The van der Waals surface area contributed by atoms with Crippen LogP contribution >= 0.6 is 15.9 Å². The summed E-state index contributed by atoms with van der Waals surface area (Å²) in [5.41, 5.74) is 0.415. The minimum atomic E-state index is -0.531. The first-order valence-electron chi connectivity index (χ1n) is 5.91. The third kappa shape index (κ3) is 3.50. The highest BCUT2D eigenvalue weighted by atomic mass is 79.9. The Morgan fingerprint density at radius 3 is 2.47 bits per heavy atom. The van der Waals surface area contributed by atoms with Crippen LogP contribution in [0.15, 0.2) is 22.8 Å². The predicted octanol–water partition coefficient (Wildman–Crippen LogP) is 2.95. The summed E-state index contributed by atoms with van der Waals surface area (Å²) in [7, 11) is 1.66. The number of nitrogens with zero attached hydrogens (tertiary/aromatic N) is 1. The van der Waals surface area contributed by atoms with Crippen LogP contribution in [0.3, 0.4) is 0 Å². The van der Waals surface area contributed by atoms with Crippen LogP contribution in [0.1, 0.15) is 32.4 Å². The Hall–Kier alpha value is -0.450. The molecule has 1 rings (SSSR count). The van der Waals surface area contributed by atoms with Crippen molar-refractivity contribution in [2.24, 2.45) is 0 Å². The Morgan fingerprint density at radius 2 is 2.06 bits per heavy atom. The van der Waals surface area contributed by atoms with Crippen molar-refractivity contribution < 1.29 is 9.84 Å². The van der Waals surface area contributed by atoms with Crippen molar-refractivity contribution in [3.8, 4) is 0 Å². The van der Waals surface area contributed by atoms with Crippen LogP contribution in [-0.2, 0) is 11.2 Å². The molecule has 0 aliphatic carbocycles. The number of aromatic nitrogens is 1. The molecular formula is C13H20BrNO2. The highest BCUT2D eigenvalue weighted by Crippen LogP contribution is 2.26. The fraction of sp³-hybridized carbons (Fsp3) is 0.615. The molecule has 0 amide bonds. The second-order valence-electron chi connectivity index (χ2n) is 4.16. The molecule has 96 valence electrons. The first kappa shape index (κ1) is 14.6. The highest BCUT2D eigenvalue weighted by Gasteiger charge is 2.34. The zero-order valence-electron chi connectivity index (χ0n) is 10.6. The Balaban J connectivity index is 2.76. The van der Waals surface area contributed by atoms with Crippen LogP contribution < -0.4 is 0 Å². The third-order valence-electron chi connectivity index (χ3n) is 3.40. The molecule has 0 fully saturated rings. The standard InChI is InChI=1S/C13H20BrNO2/c1-4-13(5-2,17-3)12(16)8-11-7-6-10(14)9-15-11/h6-7,9,12,16H,4-5,8H2,1-3H3. The molecule has 3 nitrogen and oxygen atoms in total. The van der Waals surface area contributed by atoms with Gasteiger partial charge in [0.05, 0.1) is 11.7 Å². The van der Waals surface area contributed by atoms with E-state index in [9.17, 15) is 5.11 Å². The highest BCUT2D eigenvalue weighted by molar-refractivity contribution is 9.10. The van der Waals surface area contributed by atoms with Gasteiger partial charge >= 0.3 is 0 Å². The number of hydrogen-bond donors (Lipinski definition) is 1. The van der Waals surface area contributed by atoms with Crippen LogP contribution in [0.25, 0.3) is 0 Å². The maximum atomic E-state index is 10.3. The van der Waals surface area contributed by atoms with Gasteiger partial charge in [0.25, 0.3) is 0 Å². The Kier molecular flexibility index (Phi) is 5.56. The first-order chi connectivity index (χ1) is 8.07. The summed E-state index contributed by atoms with van der Waals surface area (Å²) >= 11 is 3.34. The topological polar surface area (TPSA) is 42.4 Å². The number of hydrogen-bond acceptors (Lipinski definition) is 3. The zero-order valence-corrected chi connectivity index (χ0v) is 12.2. The van der Waals surface area contributed by atoms with Gasteiger partial charge in [0.2, 0.25) is 0 Å². The van der Waals surface area contributed by atoms with E-state index in [4.69, 9.17) is 4.74 Å². The maximum absolute atomic E-state index is 10.3. The van der Waals surface area contributed by atoms with E-state index in [0.29, 0.717) is 6.42 Å². The lowest BCUT2D eigenvalue weighted by atomic mass is 9.87. The number of halogens is 1. The molecule has 0 aromatic carbocycles. The second kappa shape index (κ2) is 6.47. The van der Waals surface area contributed by atoms with Gasteiger partial charge in [-0.05, 0) is 40.9 Å². The molecule has 1 unspecified atom stereocenters. The maximum Gasteiger partial charge on any atom is 0.0935 e. The Labute approximate surface area is 111 Å². The molecule has 1 aromatic heterocycles. The van der Waals surface area contributed by atoms with Crippen molar-refractivity contribution >= 4 is 15.9 Å². The quantitative estimate of drug-likeness (QED) is 0.878. The molecule has 0 aliphatic heterocycles. The smallest absolute Gasteiger partial charge is 0.0935 e. The van der Waals surface area contributed by atoms with Gasteiger partial charge in [0, 0.05) is 29.9 Å². The molecule has 0 spiro atoms. The summed E-state index contributed by atoms with van der Waals surface area (Å²) in [5.74, 6) is 0. The van der Waals surface area contributed by atoms with E-state index in [1.165, 1.54) is 0 Å². The number of methoxy groups -OCH3 is 1. The average Bonchev–Trinajstić information content (AvgIpc) is 2.35. The summed E-state index contributed by atoms with van der Waals surface area (Å²) < 4.78 is 6.45. The minimum Gasteiger partial charge on any atom is -0.390 e. The van der Waals surface area contributed by atoms with Crippen LogP contribution in [0.4, 0.5) is 0 Å². The molecular weight excluding hydrogens is 282 g/mol. The first-order valence-corrected chi connectivity index (χ1v) is 6.71. The lowest BCUT2D eigenvalue weighted by Gasteiger charge is -2.35. The third-order valence-corrected chi connectivity index (χ3v) is 3.87. The van der Waals surface area contributed by atoms with Gasteiger partial charge in [0.1, 0.15) is 0 Å². The molecule has 0 bridgehead atoms. The number of aliphatic hydroxyl groups is 1. The van der Waals surface area contributed by atoms with Gasteiger partial charge in [-0.25, -0.2) is 0 Å². The van der Waals surface area contributed by atoms with E-state index in [2.05, 4.69) is 20.9 Å². The van der Waals surface area contributed by atoms with E-state index < -0.39 is 11.7 Å². The molecule has 17 heavy (non-hydrogen) atoms. The normalized spacial score (nSPS) is 13.7. The van der Waals surface area contributed by atoms with Crippen molar-refractivity contribution in [3.63, 3.8) is 0 Å². The summed E-state index contributed by atoms with van der Waals surface area (Å²) in [6.07, 6.45) is 3.31. The molecule has 1 aromatic rings. The van der Waals surface area contributed by atoms with Gasteiger partial charge in [-0.2, -0.15) is 0 Å². The molecule has 1 atom stereocenters. The number of aliphatic hydroxyl groups excluding tert-OH is 1. The Morgan fingerprint density at radius 1 is 1.41 bits per heavy atom. The number of rotatable bonds is 6. The Bertz CT molecular complexity index is 328. The largest absolute Gasteiger partial charge is 0.390 e. The molecule has 4 heteroatoms. The van der Waals surface area contributed by atoms with Crippen molar-refractivity contribution in [1.29, 1.82) is 0 Å². The van der Waals surface area contributed by atoms with Crippen molar-refractivity contribution in [2.45, 2.75) is 44.8 Å². The zero-order chi connectivity index (χ0) is 12.9.